The van der Waals surface area contributed by atoms with Gasteiger partial charge in [-0.3, -0.25) is 4.90 Å². The summed E-state index contributed by atoms with van der Waals surface area (Å²) in [6, 6.07) is 7.34. The molecular weight excluding hydrogens is 244 g/mol. The third-order valence-electron chi connectivity index (χ3n) is 3.89. The van der Waals surface area contributed by atoms with Crippen molar-refractivity contribution in [3.63, 3.8) is 0 Å². The first-order chi connectivity index (χ1) is 8.20. The van der Waals surface area contributed by atoms with Crippen molar-refractivity contribution in [1.82, 2.24) is 4.90 Å². The zero-order valence-corrected chi connectivity index (χ0v) is 12.3. The van der Waals surface area contributed by atoms with Gasteiger partial charge in [0.2, 0.25) is 0 Å². The Labute approximate surface area is 117 Å². The molecule has 1 aromatic carbocycles. The van der Waals surface area contributed by atoms with Crippen LogP contribution in [0.15, 0.2) is 18.2 Å². The molecule has 1 saturated heterocycles. The zero-order chi connectivity index (χ0) is 12.3. The van der Waals surface area contributed by atoms with E-state index in [9.17, 15) is 0 Å². The quantitative estimate of drug-likeness (QED) is 0.913. The fourth-order valence-electron chi connectivity index (χ4n) is 2.78. The summed E-state index contributed by atoms with van der Waals surface area (Å²) in [4.78, 5) is 2.56. The molecule has 0 bridgehead atoms. The zero-order valence-electron chi connectivity index (χ0n) is 11.5. The van der Waals surface area contributed by atoms with E-state index in [4.69, 9.17) is 5.73 Å². The molecule has 1 aromatic rings. The van der Waals surface area contributed by atoms with E-state index in [0.717, 1.165) is 13.1 Å². The summed E-state index contributed by atoms with van der Waals surface area (Å²) in [6.07, 6.45) is 3.92. The minimum absolute atomic E-state index is 0. The predicted octanol–water partition coefficient (Wildman–Crippen LogP) is 3.04. The van der Waals surface area contributed by atoms with Crippen LogP contribution in [-0.4, -0.2) is 24.0 Å². The molecule has 1 atom stereocenters. The first kappa shape index (κ1) is 15.5. The highest BCUT2D eigenvalue weighted by molar-refractivity contribution is 5.85. The van der Waals surface area contributed by atoms with Crippen LogP contribution in [0.25, 0.3) is 0 Å². The van der Waals surface area contributed by atoms with Crippen LogP contribution in [0.2, 0.25) is 0 Å². The van der Waals surface area contributed by atoms with Gasteiger partial charge in [-0.05, 0) is 44.4 Å². The number of hydrogen-bond acceptors (Lipinski definition) is 2. The second-order valence-corrected chi connectivity index (χ2v) is 5.29. The van der Waals surface area contributed by atoms with Gasteiger partial charge in [0, 0.05) is 19.1 Å². The molecule has 1 aliphatic rings. The number of nitrogens with zero attached hydrogens (tertiary/aromatic N) is 1. The third-order valence-corrected chi connectivity index (χ3v) is 3.89. The SMILES string of the molecule is Cc1ccc(CN2CCCCC2CN)c(C)c1.Cl. The Hall–Kier alpha value is -0.570. The van der Waals surface area contributed by atoms with Crippen LogP contribution >= 0.6 is 12.4 Å². The second-order valence-electron chi connectivity index (χ2n) is 5.29. The monoisotopic (exact) mass is 268 g/mol. The first-order valence-corrected chi connectivity index (χ1v) is 6.71. The highest BCUT2D eigenvalue weighted by atomic mass is 35.5. The van der Waals surface area contributed by atoms with Crippen LogP contribution in [0.4, 0.5) is 0 Å². The van der Waals surface area contributed by atoms with Gasteiger partial charge in [-0.2, -0.15) is 0 Å². The largest absolute Gasteiger partial charge is 0.329 e. The lowest BCUT2D eigenvalue weighted by Crippen LogP contribution is -2.43. The Kier molecular flexibility index (Phi) is 6.13. The van der Waals surface area contributed by atoms with Gasteiger partial charge in [-0.1, -0.05) is 30.2 Å². The van der Waals surface area contributed by atoms with Gasteiger partial charge in [-0.15, -0.1) is 12.4 Å². The van der Waals surface area contributed by atoms with Crippen LogP contribution in [0.1, 0.15) is 36.0 Å². The van der Waals surface area contributed by atoms with Crippen molar-refractivity contribution in [1.29, 1.82) is 0 Å². The van der Waals surface area contributed by atoms with Crippen molar-refractivity contribution in [3.05, 3.63) is 34.9 Å². The smallest absolute Gasteiger partial charge is 0.0239 e. The fraction of sp³-hybridized carbons (Fsp3) is 0.600. The highest BCUT2D eigenvalue weighted by Crippen LogP contribution is 2.20. The number of nitrogens with two attached hydrogens (primary N) is 1. The molecule has 18 heavy (non-hydrogen) atoms. The normalized spacial score (nSPS) is 20.5. The second kappa shape index (κ2) is 7.13. The van der Waals surface area contributed by atoms with Crippen LogP contribution in [0, 0.1) is 13.8 Å². The Bertz CT molecular complexity index is 379. The Morgan fingerprint density at radius 3 is 2.72 bits per heavy atom. The van der Waals surface area contributed by atoms with E-state index in [-0.39, 0.29) is 12.4 Å². The van der Waals surface area contributed by atoms with E-state index >= 15 is 0 Å². The lowest BCUT2D eigenvalue weighted by Gasteiger charge is -2.35. The van der Waals surface area contributed by atoms with E-state index in [1.807, 2.05) is 0 Å². The molecular formula is C15H25ClN2. The van der Waals surface area contributed by atoms with Gasteiger partial charge < -0.3 is 5.73 Å². The van der Waals surface area contributed by atoms with Crippen molar-refractivity contribution in [2.24, 2.45) is 5.73 Å². The minimum atomic E-state index is 0. The first-order valence-electron chi connectivity index (χ1n) is 6.71. The highest BCUT2D eigenvalue weighted by Gasteiger charge is 2.21. The molecule has 0 radical (unpaired) electrons. The maximum Gasteiger partial charge on any atom is 0.0239 e. The number of likely N-dealkylation sites (tertiary alicyclic amines) is 1. The van der Waals surface area contributed by atoms with E-state index in [1.54, 1.807) is 0 Å². The molecule has 2 rings (SSSR count). The number of benzene rings is 1. The molecule has 0 amide bonds. The van der Waals surface area contributed by atoms with Gasteiger partial charge in [-0.25, -0.2) is 0 Å². The Morgan fingerprint density at radius 2 is 2.06 bits per heavy atom. The maximum absolute atomic E-state index is 5.87. The Balaban J connectivity index is 0.00000162. The lowest BCUT2D eigenvalue weighted by molar-refractivity contribution is 0.144. The van der Waals surface area contributed by atoms with E-state index in [2.05, 4.69) is 36.9 Å². The molecule has 1 unspecified atom stereocenters. The average molecular weight is 269 g/mol. The van der Waals surface area contributed by atoms with Gasteiger partial charge in [0.25, 0.3) is 0 Å². The van der Waals surface area contributed by atoms with Crippen molar-refractivity contribution < 1.29 is 0 Å². The number of aryl methyl sites for hydroxylation is 2. The molecule has 3 heteroatoms. The predicted molar refractivity (Wildman–Crippen MR) is 80.3 cm³/mol. The Morgan fingerprint density at radius 1 is 1.28 bits per heavy atom. The summed E-state index contributed by atoms with van der Waals surface area (Å²) < 4.78 is 0. The maximum atomic E-state index is 5.87. The van der Waals surface area contributed by atoms with Crippen LogP contribution in [-0.2, 0) is 6.54 Å². The summed E-state index contributed by atoms with van der Waals surface area (Å²) in [5, 5.41) is 0. The molecule has 0 aromatic heterocycles. The molecule has 2 nitrogen and oxygen atoms in total. The standard InChI is InChI=1S/C15H24N2.ClH/c1-12-6-7-14(13(2)9-12)11-17-8-4-3-5-15(17)10-16;/h6-7,9,15H,3-5,8,10-11,16H2,1-2H3;1H. The van der Waals surface area contributed by atoms with Crippen molar-refractivity contribution in [2.45, 2.75) is 45.7 Å². The van der Waals surface area contributed by atoms with Gasteiger partial charge in [0.1, 0.15) is 0 Å². The summed E-state index contributed by atoms with van der Waals surface area (Å²) >= 11 is 0. The van der Waals surface area contributed by atoms with Gasteiger partial charge in [0.05, 0.1) is 0 Å². The van der Waals surface area contributed by atoms with Crippen LogP contribution in [0.3, 0.4) is 0 Å². The van der Waals surface area contributed by atoms with Crippen molar-refractivity contribution in [2.75, 3.05) is 13.1 Å². The molecule has 2 N–H and O–H groups in total. The molecule has 1 fully saturated rings. The lowest BCUT2D eigenvalue weighted by atomic mass is 9.99. The summed E-state index contributed by atoms with van der Waals surface area (Å²) in [7, 11) is 0. The average Bonchev–Trinajstić information content (AvgIpc) is 2.33. The van der Waals surface area contributed by atoms with E-state index in [0.29, 0.717) is 6.04 Å². The van der Waals surface area contributed by atoms with Gasteiger partial charge >= 0.3 is 0 Å². The number of halogens is 1. The number of rotatable bonds is 3. The molecule has 1 aliphatic heterocycles. The third kappa shape index (κ3) is 3.71. The van der Waals surface area contributed by atoms with Crippen LogP contribution < -0.4 is 5.73 Å². The summed E-state index contributed by atoms with van der Waals surface area (Å²) in [5.74, 6) is 0. The molecule has 102 valence electrons. The number of hydrogen-bond donors (Lipinski definition) is 1. The fourth-order valence-corrected chi connectivity index (χ4v) is 2.78. The topological polar surface area (TPSA) is 29.3 Å². The molecule has 0 spiro atoms. The van der Waals surface area contributed by atoms with Crippen molar-refractivity contribution in [3.8, 4) is 0 Å². The molecule has 1 heterocycles. The number of piperidine rings is 1. The summed E-state index contributed by atoms with van der Waals surface area (Å²) in [5.41, 5.74) is 10.1. The van der Waals surface area contributed by atoms with Crippen molar-refractivity contribution >= 4 is 12.4 Å². The van der Waals surface area contributed by atoms with Gasteiger partial charge in [0.15, 0.2) is 0 Å². The summed E-state index contributed by atoms with van der Waals surface area (Å²) in [6.45, 7) is 7.43. The van der Waals surface area contributed by atoms with Crippen LogP contribution in [0.5, 0.6) is 0 Å². The van der Waals surface area contributed by atoms with E-state index < -0.39 is 0 Å². The molecule has 0 saturated carbocycles. The van der Waals surface area contributed by atoms with E-state index in [1.165, 1.54) is 42.5 Å². The minimum Gasteiger partial charge on any atom is -0.329 e. The molecule has 0 aliphatic carbocycles.